The van der Waals surface area contributed by atoms with Gasteiger partial charge in [-0.05, 0) is 30.2 Å². The van der Waals surface area contributed by atoms with Crippen LogP contribution in [0.5, 0.6) is 0 Å². The van der Waals surface area contributed by atoms with Crippen LogP contribution in [0.4, 0.5) is 4.79 Å². The van der Waals surface area contributed by atoms with Gasteiger partial charge in [-0.25, -0.2) is 22.7 Å². The maximum absolute atomic E-state index is 12.5. The number of benzene rings is 2. The first-order valence-electron chi connectivity index (χ1n) is 7.74. The molecule has 26 heavy (non-hydrogen) atoms. The second-order valence-electron chi connectivity index (χ2n) is 5.68. The molecular formula is C18H16N2O5S. The number of carbonyl (C=O) groups is 1. The Bertz CT molecular complexity index is 1120. The van der Waals surface area contributed by atoms with Crippen molar-refractivity contribution in [2.45, 2.75) is 18.4 Å². The highest BCUT2D eigenvalue weighted by Crippen LogP contribution is 2.22. The van der Waals surface area contributed by atoms with Gasteiger partial charge in [0.1, 0.15) is 5.58 Å². The Morgan fingerprint density at radius 2 is 1.81 bits per heavy atom. The van der Waals surface area contributed by atoms with Crippen LogP contribution in [0.15, 0.2) is 68.7 Å². The molecule has 0 spiro atoms. The van der Waals surface area contributed by atoms with Crippen molar-refractivity contribution in [1.82, 2.24) is 10.0 Å². The van der Waals surface area contributed by atoms with Crippen molar-refractivity contribution >= 4 is 27.0 Å². The monoisotopic (exact) mass is 372 g/mol. The molecule has 0 unspecified atom stereocenters. The van der Waals surface area contributed by atoms with Gasteiger partial charge in [-0.2, -0.15) is 0 Å². The van der Waals surface area contributed by atoms with E-state index in [4.69, 9.17) is 4.42 Å². The highest BCUT2D eigenvalue weighted by Gasteiger charge is 2.21. The largest absolute Gasteiger partial charge is 0.423 e. The van der Waals surface area contributed by atoms with Crippen molar-refractivity contribution in [3.05, 3.63) is 76.1 Å². The zero-order valence-corrected chi connectivity index (χ0v) is 14.7. The molecule has 7 nitrogen and oxygen atoms in total. The highest BCUT2D eigenvalue weighted by atomic mass is 32.2. The van der Waals surface area contributed by atoms with Gasteiger partial charge in [0.15, 0.2) is 0 Å². The fourth-order valence-electron chi connectivity index (χ4n) is 2.49. The van der Waals surface area contributed by atoms with E-state index in [1.165, 1.54) is 12.1 Å². The third-order valence-corrected chi connectivity index (χ3v) is 5.20. The van der Waals surface area contributed by atoms with Gasteiger partial charge in [0.25, 0.3) is 10.0 Å². The molecule has 2 amide bonds. The molecule has 0 saturated carbocycles. The van der Waals surface area contributed by atoms with Gasteiger partial charge >= 0.3 is 11.7 Å². The molecule has 0 fully saturated rings. The van der Waals surface area contributed by atoms with Gasteiger partial charge in [-0.3, -0.25) is 0 Å². The van der Waals surface area contributed by atoms with E-state index in [1.54, 1.807) is 19.1 Å². The fraction of sp³-hybridized carbons (Fsp3) is 0.111. The minimum atomic E-state index is -4.12. The zero-order chi connectivity index (χ0) is 18.7. The van der Waals surface area contributed by atoms with Crippen LogP contribution in [0.25, 0.3) is 11.0 Å². The van der Waals surface area contributed by atoms with Crippen LogP contribution in [0.3, 0.4) is 0 Å². The molecule has 3 rings (SSSR count). The van der Waals surface area contributed by atoms with Gasteiger partial charge in [0.05, 0.1) is 4.90 Å². The summed E-state index contributed by atoms with van der Waals surface area (Å²) >= 11 is 0. The van der Waals surface area contributed by atoms with E-state index in [2.05, 4.69) is 5.32 Å². The number of aryl methyl sites for hydroxylation is 1. The van der Waals surface area contributed by atoms with Gasteiger partial charge < -0.3 is 9.73 Å². The molecule has 2 N–H and O–H groups in total. The Balaban J connectivity index is 1.81. The number of rotatable bonds is 4. The van der Waals surface area contributed by atoms with Crippen LogP contribution < -0.4 is 15.7 Å². The first-order chi connectivity index (χ1) is 12.3. The number of amides is 2. The lowest BCUT2D eigenvalue weighted by Gasteiger charge is -2.11. The summed E-state index contributed by atoms with van der Waals surface area (Å²) in [6, 6.07) is 13.9. The van der Waals surface area contributed by atoms with Gasteiger partial charge in [-0.15, -0.1) is 0 Å². The Labute approximate surface area is 149 Å². The summed E-state index contributed by atoms with van der Waals surface area (Å²) in [5.41, 5.74) is 0.810. The predicted molar refractivity (Wildman–Crippen MR) is 96.2 cm³/mol. The number of fused-ring (bicyclic) bond motifs is 1. The summed E-state index contributed by atoms with van der Waals surface area (Å²) in [4.78, 5) is 23.2. The highest BCUT2D eigenvalue weighted by molar-refractivity contribution is 7.90. The standard InChI is InChI=1S/C18H16N2O5S/c1-12-9-14-7-8-17(21)25-15(14)10-16(12)26(23,24)20-18(22)19-11-13-5-3-2-4-6-13/h2-10H,11H2,1H3,(H2,19,20,22). The van der Waals surface area contributed by atoms with Gasteiger partial charge in [-0.1, -0.05) is 30.3 Å². The van der Waals surface area contributed by atoms with E-state index in [0.717, 1.165) is 5.56 Å². The van der Waals surface area contributed by atoms with Crippen molar-refractivity contribution in [3.63, 3.8) is 0 Å². The lowest BCUT2D eigenvalue weighted by atomic mass is 10.1. The first-order valence-corrected chi connectivity index (χ1v) is 9.22. The molecular weight excluding hydrogens is 356 g/mol. The Hall–Kier alpha value is -3.13. The smallest absolute Gasteiger partial charge is 0.336 e. The van der Waals surface area contributed by atoms with Crippen molar-refractivity contribution in [2.75, 3.05) is 0 Å². The van der Waals surface area contributed by atoms with Crippen LogP contribution in [-0.2, 0) is 16.6 Å². The summed E-state index contributed by atoms with van der Waals surface area (Å²) in [5, 5.41) is 3.08. The van der Waals surface area contributed by atoms with Crippen molar-refractivity contribution in [2.24, 2.45) is 0 Å². The minimum absolute atomic E-state index is 0.130. The van der Waals surface area contributed by atoms with E-state index in [0.29, 0.717) is 10.9 Å². The van der Waals surface area contributed by atoms with Crippen LogP contribution in [0.1, 0.15) is 11.1 Å². The third-order valence-electron chi connectivity index (χ3n) is 3.73. The number of carbonyl (C=O) groups excluding carboxylic acids is 1. The summed E-state index contributed by atoms with van der Waals surface area (Å²) < 4.78 is 32.0. The molecule has 134 valence electrons. The molecule has 0 bridgehead atoms. The topological polar surface area (TPSA) is 105 Å². The molecule has 8 heteroatoms. The predicted octanol–water partition coefficient (Wildman–Crippen LogP) is 2.29. The zero-order valence-electron chi connectivity index (χ0n) is 13.9. The van der Waals surface area contributed by atoms with Crippen LogP contribution in [0.2, 0.25) is 0 Å². The molecule has 0 aliphatic carbocycles. The number of urea groups is 1. The van der Waals surface area contributed by atoms with Crippen molar-refractivity contribution < 1.29 is 17.6 Å². The van der Waals surface area contributed by atoms with Gasteiger partial charge in [0, 0.05) is 24.1 Å². The van der Waals surface area contributed by atoms with Crippen molar-refractivity contribution in [1.29, 1.82) is 0 Å². The normalized spacial score (nSPS) is 11.3. The Morgan fingerprint density at radius 3 is 2.54 bits per heavy atom. The molecule has 0 atom stereocenters. The Morgan fingerprint density at radius 1 is 1.08 bits per heavy atom. The molecule has 2 aromatic carbocycles. The lowest BCUT2D eigenvalue weighted by molar-refractivity contribution is 0.245. The minimum Gasteiger partial charge on any atom is -0.423 e. The average molecular weight is 372 g/mol. The molecule has 3 aromatic rings. The fourth-order valence-corrected chi connectivity index (χ4v) is 3.66. The second-order valence-corrected chi connectivity index (χ2v) is 7.33. The summed E-state index contributed by atoms with van der Waals surface area (Å²) in [5.74, 6) is 0. The number of hydrogen-bond acceptors (Lipinski definition) is 5. The molecule has 1 heterocycles. The van der Waals surface area contributed by atoms with E-state index >= 15 is 0 Å². The summed E-state index contributed by atoms with van der Waals surface area (Å²) in [6.07, 6.45) is 0. The number of sulfonamides is 1. The van der Waals surface area contributed by atoms with Crippen molar-refractivity contribution in [3.8, 4) is 0 Å². The number of nitrogens with one attached hydrogen (secondary N) is 2. The second kappa shape index (κ2) is 7.01. The van der Waals surface area contributed by atoms with Crippen LogP contribution in [0, 0.1) is 6.92 Å². The Kier molecular flexibility index (Phi) is 4.77. The quantitative estimate of drug-likeness (QED) is 0.684. The van der Waals surface area contributed by atoms with E-state index in [9.17, 15) is 18.0 Å². The third kappa shape index (κ3) is 3.92. The van der Waals surface area contributed by atoms with Crippen LogP contribution in [-0.4, -0.2) is 14.4 Å². The van der Waals surface area contributed by atoms with E-state index in [1.807, 2.05) is 35.1 Å². The maximum atomic E-state index is 12.5. The summed E-state index contributed by atoms with van der Waals surface area (Å²) in [6.45, 7) is 1.79. The first kappa shape index (κ1) is 17.7. The lowest BCUT2D eigenvalue weighted by Crippen LogP contribution is -2.39. The maximum Gasteiger partial charge on any atom is 0.336 e. The molecule has 0 aliphatic rings. The van der Waals surface area contributed by atoms with Gasteiger partial charge in [0.2, 0.25) is 0 Å². The summed E-state index contributed by atoms with van der Waals surface area (Å²) in [7, 11) is -4.12. The van der Waals surface area contributed by atoms with Crippen LogP contribution >= 0.6 is 0 Å². The van der Waals surface area contributed by atoms with E-state index < -0.39 is 21.7 Å². The van der Waals surface area contributed by atoms with E-state index in [-0.39, 0.29) is 17.0 Å². The SMILES string of the molecule is Cc1cc2ccc(=O)oc2cc1S(=O)(=O)NC(=O)NCc1ccccc1. The molecule has 1 aromatic heterocycles. The average Bonchev–Trinajstić information content (AvgIpc) is 2.60. The molecule has 0 aliphatic heterocycles. The number of hydrogen-bond donors (Lipinski definition) is 2. The molecule has 0 saturated heterocycles. The molecule has 0 radical (unpaired) electrons.